The van der Waals surface area contributed by atoms with E-state index in [0.717, 1.165) is 23.1 Å². The minimum atomic E-state index is -1.58. The zero-order chi connectivity index (χ0) is 28.4. The van der Waals surface area contributed by atoms with Crippen LogP contribution >= 0.6 is 11.8 Å². The van der Waals surface area contributed by atoms with Crippen LogP contribution in [0.1, 0.15) is 43.9 Å². The van der Waals surface area contributed by atoms with Crippen LogP contribution in [0, 0.1) is 6.92 Å². The topological polar surface area (TPSA) is 108 Å². The Bertz CT molecular complexity index is 1150. The number of hydrogen-bond acceptors (Lipinski definition) is 6. The maximum atomic E-state index is 13.7. The van der Waals surface area contributed by atoms with Crippen LogP contribution in [-0.4, -0.2) is 63.3 Å². The van der Waals surface area contributed by atoms with Gasteiger partial charge in [-0.15, -0.1) is 11.8 Å². The molecule has 3 unspecified atom stereocenters. The maximum absolute atomic E-state index is 13.7. The van der Waals surface area contributed by atoms with Crippen molar-refractivity contribution in [1.29, 1.82) is 0 Å². The molecule has 0 bridgehead atoms. The van der Waals surface area contributed by atoms with E-state index in [0.29, 0.717) is 6.54 Å². The molecular formula is C30H39N3O5S. The summed E-state index contributed by atoms with van der Waals surface area (Å²) in [5, 5.41) is 16.9. The second-order valence-corrected chi connectivity index (χ2v) is 11.7. The monoisotopic (exact) mass is 553 g/mol. The summed E-state index contributed by atoms with van der Waals surface area (Å²) in [6, 6.07) is 15.3. The smallest absolute Gasteiger partial charge is 0.407 e. The fourth-order valence-electron chi connectivity index (χ4n) is 4.50. The van der Waals surface area contributed by atoms with Crippen LogP contribution in [0.15, 0.2) is 66.7 Å². The average Bonchev–Trinajstić information content (AvgIpc) is 3.24. The summed E-state index contributed by atoms with van der Waals surface area (Å²) in [6.07, 6.45) is 2.33. The molecule has 0 aromatic heterocycles. The molecule has 210 valence electrons. The van der Waals surface area contributed by atoms with Gasteiger partial charge < -0.3 is 25.4 Å². The molecule has 0 radical (unpaired) electrons. The fraction of sp³-hybridized carbons (Fsp3) is 0.433. The van der Waals surface area contributed by atoms with Crippen LogP contribution < -0.4 is 10.6 Å². The van der Waals surface area contributed by atoms with Crippen molar-refractivity contribution in [2.45, 2.75) is 70.0 Å². The Morgan fingerprint density at radius 1 is 1.13 bits per heavy atom. The molecule has 3 atom stereocenters. The average molecular weight is 554 g/mol. The van der Waals surface area contributed by atoms with Crippen LogP contribution in [0.2, 0.25) is 0 Å². The van der Waals surface area contributed by atoms with Gasteiger partial charge in [0.2, 0.25) is 5.91 Å². The molecule has 9 heteroatoms. The van der Waals surface area contributed by atoms with Gasteiger partial charge >= 0.3 is 6.09 Å². The van der Waals surface area contributed by atoms with Gasteiger partial charge in [-0.05, 0) is 50.3 Å². The van der Waals surface area contributed by atoms with Gasteiger partial charge in [-0.2, -0.15) is 0 Å². The van der Waals surface area contributed by atoms with Gasteiger partial charge in [-0.1, -0.05) is 73.7 Å². The number of amides is 3. The minimum Gasteiger partial charge on any atom is -0.445 e. The highest BCUT2D eigenvalue weighted by Crippen LogP contribution is 2.40. The number of nitrogens with zero attached hydrogens (tertiary/aromatic N) is 1. The summed E-state index contributed by atoms with van der Waals surface area (Å²) in [4.78, 5) is 41.0. The van der Waals surface area contributed by atoms with E-state index in [9.17, 15) is 19.5 Å². The summed E-state index contributed by atoms with van der Waals surface area (Å²) >= 11 is 1.47. The normalized spacial score (nSPS) is 18.0. The summed E-state index contributed by atoms with van der Waals surface area (Å²) in [6.45, 7) is 8.20. The first-order valence-corrected chi connectivity index (χ1v) is 14.2. The van der Waals surface area contributed by atoms with Gasteiger partial charge in [0.05, 0.1) is 11.9 Å². The Morgan fingerprint density at radius 3 is 2.51 bits per heavy atom. The van der Waals surface area contributed by atoms with Gasteiger partial charge in [-0.25, -0.2) is 4.79 Å². The number of hydrogen-bond donors (Lipinski definition) is 3. The van der Waals surface area contributed by atoms with Crippen LogP contribution in [0.4, 0.5) is 4.79 Å². The third-order valence-electron chi connectivity index (χ3n) is 6.74. The van der Waals surface area contributed by atoms with Crippen molar-refractivity contribution in [2.24, 2.45) is 0 Å². The third kappa shape index (κ3) is 8.34. The second-order valence-electron chi connectivity index (χ2n) is 10.1. The fourth-order valence-corrected chi connectivity index (χ4v) is 5.64. The largest absolute Gasteiger partial charge is 0.445 e. The number of alkyl carbamates (subject to hydrolysis) is 1. The van der Waals surface area contributed by atoms with Crippen molar-refractivity contribution >= 4 is 29.7 Å². The maximum Gasteiger partial charge on any atom is 0.407 e. The number of allylic oxidation sites excluding steroid dienone is 1. The van der Waals surface area contributed by atoms with Crippen LogP contribution in [-0.2, 0) is 27.3 Å². The highest BCUT2D eigenvalue weighted by atomic mass is 32.2. The van der Waals surface area contributed by atoms with Gasteiger partial charge in [0.25, 0.3) is 5.91 Å². The van der Waals surface area contributed by atoms with Crippen LogP contribution in [0.5, 0.6) is 0 Å². The van der Waals surface area contributed by atoms with Crippen LogP contribution in [0.25, 0.3) is 0 Å². The van der Waals surface area contributed by atoms with E-state index in [1.807, 2.05) is 88.4 Å². The molecule has 0 saturated carbocycles. The molecule has 0 aliphatic carbocycles. The number of carbonyl (C=O) groups excluding carboxylic acids is 3. The molecule has 1 aliphatic heterocycles. The summed E-state index contributed by atoms with van der Waals surface area (Å²) in [5.41, 5.74) is 2.89. The molecule has 1 saturated heterocycles. The Morgan fingerprint density at radius 2 is 1.82 bits per heavy atom. The lowest BCUT2D eigenvalue weighted by Crippen LogP contribution is -2.58. The summed E-state index contributed by atoms with van der Waals surface area (Å²) in [5.74, 6) is -0.657. The zero-order valence-corrected chi connectivity index (χ0v) is 23.9. The molecule has 8 nitrogen and oxygen atoms in total. The Kier molecular flexibility index (Phi) is 11.0. The number of thioether (sulfide) groups is 1. The number of aryl methyl sites for hydroxylation is 1. The number of benzene rings is 2. The van der Waals surface area contributed by atoms with E-state index in [2.05, 4.69) is 10.6 Å². The highest BCUT2D eigenvalue weighted by Gasteiger charge is 2.49. The Balaban J connectivity index is 1.75. The number of aliphatic hydroxyl groups excluding tert-OH is 1. The lowest BCUT2D eigenvalue weighted by atomic mass is 9.97. The van der Waals surface area contributed by atoms with Crippen molar-refractivity contribution < 1.29 is 24.2 Å². The van der Waals surface area contributed by atoms with Crippen molar-refractivity contribution in [3.63, 3.8) is 0 Å². The molecule has 39 heavy (non-hydrogen) atoms. The molecule has 2 aromatic carbocycles. The SMILES string of the molecule is CC/C=C/COC(=O)NC(Cc1ccccc1)C(O)C(=O)N1CSC(C)(C)C1C(=O)NCc1ccccc1C. The third-order valence-corrected chi connectivity index (χ3v) is 8.11. The summed E-state index contributed by atoms with van der Waals surface area (Å²) < 4.78 is 4.63. The number of rotatable bonds is 11. The van der Waals surface area contributed by atoms with E-state index in [4.69, 9.17) is 4.74 Å². The number of carbonyl (C=O) groups is 3. The molecule has 1 aliphatic rings. The first-order valence-electron chi connectivity index (χ1n) is 13.2. The predicted molar refractivity (Wildman–Crippen MR) is 154 cm³/mol. The molecule has 3 N–H and O–H groups in total. The van der Waals surface area contributed by atoms with Gasteiger partial charge in [-0.3, -0.25) is 9.59 Å². The van der Waals surface area contributed by atoms with E-state index >= 15 is 0 Å². The van der Waals surface area contributed by atoms with Crippen molar-refractivity contribution in [3.8, 4) is 0 Å². The van der Waals surface area contributed by atoms with Crippen molar-refractivity contribution in [3.05, 3.63) is 83.4 Å². The van der Waals surface area contributed by atoms with E-state index < -0.39 is 34.9 Å². The van der Waals surface area contributed by atoms with Gasteiger partial charge in [0.1, 0.15) is 12.6 Å². The molecule has 3 rings (SSSR count). The molecule has 3 amide bonds. The van der Waals surface area contributed by atoms with Crippen LogP contribution in [0.3, 0.4) is 0 Å². The number of ether oxygens (including phenoxy) is 1. The predicted octanol–water partition coefficient (Wildman–Crippen LogP) is 3.96. The molecule has 1 heterocycles. The Hall–Kier alpha value is -3.30. The van der Waals surface area contributed by atoms with Gasteiger partial charge in [0, 0.05) is 11.3 Å². The molecule has 1 fully saturated rings. The quantitative estimate of drug-likeness (QED) is 0.364. The lowest BCUT2D eigenvalue weighted by molar-refractivity contribution is -0.147. The zero-order valence-electron chi connectivity index (χ0n) is 23.1. The number of aliphatic hydroxyl groups is 1. The van der Waals surface area contributed by atoms with Crippen molar-refractivity contribution in [1.82, 2.24) is 15.5 Å². The standard InChI is InChI=1S/C30H39N3O5S/c1-5-6-12-17-38-29(37)32-24(18-22-14-8-7-9-15-22)25(34)28(36)33-20-39-30(3,4)26(33)27(35)31-19-23-16-11-10-13-21(23)2/h6-16,24-26,34H,5,17-20H2,1-4H3,(H,31,35)(H,32,37)/b12-6+. The van der Waals surface area contributed by atoms with E-state index in [-0.39, 0.29) is 24.8 Å². The van der Waals surface area contributed by atoms with Gasteiger partial charge in [0.15, 0.2) is 6.10 Å². The lowest BCUT2D eigenvalue weighted by Gasteiger charge is -2.33. The minimum absolute atomic E-state index is 0.0852. The Labute approximate surface area is 235 Å². The first-order chi connectivity index (χ1) is 18.6. The van der Waals surface area contributed by atoms with Crippen molar-refractivity contribution in [2.75, 3.05) is 12.5 Å². The van der Waals surface area contributed by atoms with E-state index in [1.165, 1.54) is 16.7 Å². The highest BCUT2D eigenvalue weighted by molar-refractivity contribution is 8.00. The molecular weight excluding hydrogens is 514 g/mol. The molecule has 2 aromatic rings. The second kappa shape index (κ2) is 14.2. The first kappa shape index (κ1) is 30.2. The summed E-state index contributed by atoms with van der Waals surface area (Å²) in [7, 11) is 0. The van der Waals surface area contributed by atoms with E-state index in [1.54, 1.807) is 6.08 Å². The number of nitrogens with one attached hydrogen (secondary N) is 2. The molecule has 0 spiro atoms.